The molecule has 3 aromatic carbocycles. The summed E-state index contributed by atoms with van der Waals surface area (Å²) in [5.74, 6) is -0.0716. The maximum absolute atomic E-state index is 13.8. The number of carbonyl (C=O) groups excluding carboxylic acids is 1. The summed E-state index contributed by atoms with van der Waals surface area (Å²) >= 11 is 0. The summed E-state index contributed by atoms with van der Waals surface area (Å²) in [7, 11) is 1.47. The van der Waals surface area contributed by atoms with Gasteiger partial charge >= 0.3 is 6.18 Å². The van der Waals surface area contributed by atoms with Gasteiger partial charge in [-0.05, 0) is 61.4 Å². The van der Waals surface area contributed by atoms with Gasteiger partial charge in [-0.15, -0.1) is 0 Å². The molecule has 5 rings (SSSR count). The van der Waals surface area contributed by atoms with E-state index in [4.69, 9.17) is 13.9 Å². The molecule has 0 N–H and O–H groups in total. The van der Waals surface area contributed by atoms with Gasteiger partial charge in [0.25, 0.3) is 5.91 Å². The zero-order valence-corrected chi connectivity index (χ0v) is 21.6. The van der Waals surface area contributed by atoms with Crippen LogP contribution in [0.1, 0.15) is 58.6 Å². The summed E-state index contributed by atoms with van der Waals surface area (Å²) in [5, 5.41) is 0.281. The smallest absolute Gasteiger partial charge is 0.416 e. The molecule has 0 bridgehead atoms. The SMILES string of the molecule is CCCCOc1ccc(C2c3c(oc4ccc(C)cc4c3=O)C(=O)N2c2cccc(C(F)(F)F)c2)cc1OC. The summed E-state index contributed by atoms with van der Waals surface area (Å²) in [6, 6.07) is 13.4. The number of hydrogen-bond acceptors (Lipinski definition) is 5. The molecule has 1 atom stereocenters. The molecule has 0 saturated heterocycles. The summed E-state index contributed by atoms with van der Waals surface area (Å²) in [6.07, 6.45) is -2.84. The Balaban J connectivity index is 1.73. The highest BCUT2D eigenvalue weighted by Crippen LogP contribution is 2.44. The number of nitrogens with zero attached hydrogens (tertiary/aromatic N) is 1. The number of halogens is 3. The van der Waals surface area contributed by atoms with Gasteiger partial charge in [-0.25, -0.2) is 0 Å². The number of amides is 1. The number of aryl methyl sites for hydroxylation is 1. The molecule has 4 aromatic rings. The molecule has 0 saturated carbocycles. The van der Waals surface area contributed by atoms with Crippen LogP contribution in [0.2, 0.25) is 0 Å². The van der Waals surface area contributed by atoms with Crippen molar-refractivity contribution in [3.8, 4) is 11.5 Å². The molecule has 0 fully saturated rings. The van der Waals surface area contributed by atoms with Gasteiger partial charge in [0.05, 0.1) is 36.3 Å². The second-order valence-electron chi connectivity index (χ2n) is 9.41. The van der Waals surface area contributed by atoms with Crippen LogP contribution in [0.5, 0.6) is 11.5 Å². The monoisotopic (exact) mass is 537 g/mol. The predicted octanol–water partition coefficient (Wildman–Crippen LogP) is 7.06. The van der Waals surface area contributed by atoms with Crippen molar-refractivity contribution in [2.75, 3.05) is 18.6 Å². The predicted molar refractivity (Wildman–Crippen MR) is 141 cm³/mol. The first-order valence-electron chi connectivity index (χ1n) is 12.5. The Labute approximate surface area is 222 Å². The Morgan fingerprint density at radius 2 is 1.79 bits per heavy atom. The average molecular weight is 538 g/mol. The quantitative estimate of drug-likeness (QED) is 0.236. The van der Waals surface area contributed by atoms with Crippen LogP contribution in [0.3, 0.4) is 0 Å². The summed E-state index contributed by atoms with van der Waals surface area (Å²) < 4.78 is 58.1. The zero-order chi connectivity index (χ0) is 27.9. The van der Waals surface area contributed by atoms with Crippen molar-refractivity contribution in [1.82, 2.24) is 0 Å². The van der Waals surface area contributed by atoms with E-state index in [2.05, 4.69) is 0 Å². The Hall–Kier alpha value is -4.27. The van der Waals surface area contributed by atoms with E-state index in [1.807, 2.05) is 13.8 Å². The summed E-state index contributed by atoms with van der Waals surface area (Å²) in [5.41, 5.74) is 0.189. The highest BCUT2D eigenvalue weighted by Gasteiger charge is 2.44. The van der Waals surface area contributed by atoms with Crippen molar-refractivity contribution in [2.24, 2.45) is 0 Å². The maximum atomic E-state index is 13.8. The van der Waals surface area contributed by atoms with Gasteiger partial charge in [0.2, 0.25) is 5.76 Å². The second-order valence-corrected chi connectivity index (χ2v) is 9.41. The number of rotatable bonds is 7. The van der Waals surface area contributed by atoms with E-state index in [0.717, 1.165) is 30.5 Å². The van der Waals surface area contributed by atoms with Gasteiger partial charge < -0.3 is 13.9 Å². The first-order chi connectivity index (χ1) is 18.6. The molecule has 39 heavy (non-hydrogen) atoms. The van der Waals surface area contributed by atoms with E-state index in [0.29, 0.717) is 23.7 Å². The van der Waals surface area contributed by atoms with Gasteiger partial charge in [-0.2, -0.15) is 13.2 Å². The van der Waals surface area contributed by atoms with Crippen molar-refractivity contribution < 1.29 is 31.9 Å². The highest BCUT2D eigenvalue weighted by molar-refractivity contribution is 6.10. The minimum absolute atomic E-state index is 0.0203. The number of ether oxygens (including phenoxy) is 2. The first kappa shape index (κ1) is 26.3. The standard InChI is InChI=1S/C30H26F3NO5/c1-4-5-13-38-23-12-10-18(15-24(23)37-3)26-25-27(35)21-14-17(2)9-11-22(21)39-28(25)29(36)34(26)20-8-6-7-19(16-20)30(31,32)33/h6-12,14-16,26H,4-5,13H2,1-3H3. The molecule has 0 aliphatic carbocycles. The lowest BCUT2D eigenvalue weighted by Crippen LogP contribution is -2.29. The molecule has 1 unspecified atom stereocenters. The largest absolute Gasteiger partial charge is 0.493 e. The van der Waals surface area contributed by atoms with Crippen LogP contribution in [0.25, 0.3) is 11.0 Å². The fourth-order valence-electron chi connectivity index (χ4n) is 4.80. The van der Waals surface area contributed by atoms with Gasteiger partial charge in [-0.1, -0.05) is 37.1 Å². The molecule has 2 heterocycles. The molecule has 1 aliphatic rings. The first-order valence-corrected chi connectivity index (χ1v) is 12.5. The summed E-state index contributed by atoms with van der Waals surface area (Å²) in [4.78, 5) is 28.8. The number of fused-ring (bicyclic) bond motifs is 2. The second kappa shape index (κ2) is 10.1. The summed E-state index contributed by atoms with van der Waals surface area (Å²) in [6.45, 7) is 4.34. The van der Waals surface area contributed by atoms with Gasteiger partial charge in [-0.3, -0.25) is 14.5 Å². The van der Waals surface area contributed by atoms with E-state index in [1.165, 1.54) is 24.1 Å². The molecule has 6 nitrogen and oxygen atoms in total. The van der Waals surface area contributed by atoms with E-state index < -0.39 is 29.1 Å². The van der Waals surface area contributed by atoms with Crippen LogP contribution in [0, 0.1) is 6.92 Å². The minimum atomic E-state index is -4.62. The van der Waals surface area contributed by atoms with Crippen LogP contribution in [-0.4, -0.2) is 19.6 Å². The van der Waals surface area contributed by atoms with Crippen LogP contribution in [0.4, 0.5) is 18.9 Å². The van der Waals surface area contributed by atoms with E-state index in [1.54, 1.807) is 36.4 Å². The average Bonchev–Trinajstić information content (AvgIpc) is 3.21. The normalized spacial score (nSPS) is 15.1. The van der Waals surface area contributed by atoms with Crippen LogP contribution in [-0.2, 0) is 6.18 Å². The third kappa shape index (κ3) is 4.73. The molecule has 202 valence electrons. The highest BCUT2D eigenvalue weighted by atomic mass is 19.4. The number of hydrogen-bond donors (Lipinski definition) is 0. The lowest BCUT2D eigenvalue weighted by molar-refractivity contribution is -0.137. The number of unbranched alkanes of at least 4 members (excludes halogenated alkanes) is 1. The number of carbonyl (C=O) groups is 1. The van der Waals surface area contributed by atoms with Gasteiger partial charge in [0.1, 0.15) is 5.58 Å². The number of methoxy groups -OCH3 is 1. The Bertz CT molecular complexity index is 1630. The Kier molecular flexibility index (Phi) is 6.84. The van der Waals surface area contributed by atoms with Crippen molar-refractivity contribution in [2.45, 2.75) is 38.9 Å². The van der Waals surface area contributed by atoms with Crippen molar-refractivity contribution in [1.29, 1.82) is 0 Å². The lowest BCUT2D eigenvalue weighted by atomic mass is 9.97. The van der Waals surface area contributed by atoms with Gasteiger partial charge in [0.15, 0.2) is 16.9 Å². The molecule has 0 spiro atoms. The third-order valence-electron chi connectivity index (χ3n) is 6.74. The van der Waals surface area contributed by atoms with Crippen LogP contribution in [0.15, 0.2) is 69.9 Å². The van der Waals surface area contributed by atoms with Crippen molar-refractivity contribution in [3.05, 3.63) is 98.9 Å². The van der Waals surface area contributed by atoms with Crippen LogP contribution >= 0.6 is 0 Å². The number of alkyl halides is 3. The minimum Gasteiger partial charge on any atom is -0.493 e. The molecule has 0 radical (unpaired) electrons. The van der Waals surface area contributed by atoms with Crippen LogP contribution < -0.4 is 19.8 Å². The third-order valence-corrected chi connectivity index (χ3v) is 6.74. The topological polar surface area (TPSA) is 69.0 Å². The Morgan fingerprint density at radius 1 is 1.00 bits per heavy atom. The number of anilines is 1. The van der Waals surface area contributed by atoms with Gasteiger partial charge in [0, 0.05) is 5.69 Å². The molecular formula is C30H26F3NO5. The van der Waals surface area contributed by atoms with E-state index in [-0.39, 0.29) is 28.0 Å². The fraction of sp³-hybridized carbons (Fsp3) is 0.267. The lowest BCUT2D eigenvalue weighted by Gasteiger charge is -2.26. The molecule has 1 aliphatic heterocycles. The van der Waals surface area contributed by atoms with Crippen molar-refractivity contribution >= 4 is 22.6 Å². The molecule has 1 aromatic heterocycles. The zero-order valence-electron chi connectivity index (χ0n) is 21.6. The fourth-order valence-corrected chi connectivity index (χ4v) is 4.80. The molecule has 9 heteroatoms. The Morgan fingerprint density at radius 3 is 2.51 bits per heavy atom. The van der Waals surface area contributed by atoms with E-state index in [9.17, 15) is 22.8 Å². The number of benzene rings is 3. The van der Waals surface area contributed by atoms with E-state index >= 15 is 0 Å². The molecular weight excluding hydrogens is 511 g/mol. The maximum Gasteiger partial charge on any atom is 0.416 e. The van der Waals surface area contributed by atoms with Crippen molar-refractivity contribution in [3.63, 3.8) is 0 Å². The molecule has 1 amide bonds.